The van der Waals surface area contributed by atoms with E-state index in [1.165, 1.54) is 30.4 Å². The van der Waals surface area contributed by atoms with Crippen LogP contribution in [0.15, 0.2) is 84.9 Å². The van der Waals surface area contributed by atoms with Crippen LogP contribution in [0.3, 0.4) is 0 Å². The van der Waals surface area contributed by atoms with Crippen molar-refractivity contribution in [1.82, 2.24) is 0 Å². The smallest absolute Gasteiger partial charge is 0.343 e. The van der Waals surface area contributed by atoms with Gasteiger partial charge < -0.3 is 9.47 Å². The summed E-state index contributed by atoms with van der Waals surface area (Å²) in [6, 6.07) is 27.7. The van der Waals surface area contributed by atoms with Crippen molar-refractivity contribution < 1.29 is 19.1 Å². The first-order chi connectivity index (χ1) is 19.3. The number of carbonyl (C=O) groups is 2. The first-order valence-corrected chi connectivity index (χ1v) is 14.0. The van der Waals surface area contributed by atoms with Gasteiger partial charge in [-0.25, -0.2) is 4.79 Å². The summed E-state index contributed by atoms with van der Waals surface area (Å²) in [4.78, 5) is 24.6. The van der Waals surface area contributed by atoms with Crippen molar-refractivity contribution in [1.29, 1.82) is 0 Å². The summed E-state index contributed by atoms with van der Waals surface area (Å²) in [5.41, 5.74) is 7.76. The van der Waals surface area contributed by atoms with Crippen LogP contribution in [0.5, 0.6) is 11.5 Å². The van der Waals surface area contributed by atoms with Crippen molar-refractivity contribution in [2.75, 3.05) is 7.11 Å². The van der Waals surface area contributed by atoms with Crippen LogP contribution in [-0.2, 0) is 5.41 Å². The van der Waals surface area contributed by atoms with Crippen molar-refractivity contribution in [2.24, 2.45) is 0 Å². The largest absolute Gasteiger partial charge is 0.496 e. The zero-order valence-electron chi connectivity index (χ0n) is 23.8. The lowest BCUT2D eigenvalue weighted by molar-refractivity contribution is 0.0733. The zero-order valence-corrected chi connectivity index (χ0v) is 23.8. The van der Waals surface area contributed by atoms with E-state index in [1.807, 2.05) is 49.4 Å². The molecule has 0 radical (unpaired) electrons. The minimum Gasteiger partial charge on any atom is -0.496 e. The summed E-state index contributed by atoms with van der Waals surface area (Å²) in [6.07, 6.45) is 5.84. The lowest BCUT2D eigenvalue weighted by Gasteiger charge is -2.39. The minimum absolute atomic E-state index is 0.0395. The summed E-state index contributed by atoms with van der Waals surface area (Å²) in [5, 5.41) is 0. The molecule has 0 atom stereocenters. The topological polar surface area (TPSA) is 52.6 Å². The van der Waals surface area contributed by atoms with Crippen molar-refractivity contribution in [3.63, 3.8) is 0 Å². The summed E-state index contributed by atoms with van der Waals surface area (Å²) in [7, 11) is 1.71. The molecule has 0 amide bonds. The number of ketones is 1. The SMILES string of the molecule is COc1ccc(C2(c3ccc(OC(=O)c4ccc(-c5ccc(C(C)=O)cc5)cc4)c(C)c3)CCCCC2)cc1C. The molecule has 1 fully saturated rings. The lowest BCUT2D eigenvalue weighted by Crippen LogP contribution is -2.30. The van der Waals surface area contributed by atoms with E-state index in [2.05, 4.69) is 37.3 Å². The Morgan fingerprint density at radius 3 is 1.62 bits per heavy atom. The van der Waals surface area contributed by atoms with Crippen LogP contribution in [-0.4, -0.2) is 18.9 Å². The zero-order chi connectivity index (χ0) is 28.3. The summed E-state index contributed by atoms with van der Waals surface area (Å²) >= 11 is 0. The van der Waals surface area contributed by atoms with Gasteiger partial charge in [0.15, 0.2) is 5.78 Å². The molecule has 0 aromatic heterocycles. The van der Waals surface area contributed by atoms with Gasteiger partial charge in [0.2, 0.25) is 0 Å². The van der Waals surface area contributed by atoms with Gasteiger partial charge in [0.25, 0.3) is 0 Å². The highest BCUT2D eigenvalue weighted by atomic mass is 16.5. The van der Waals surface area contributed by atoms with E-state index in [-0.39, 0.29) is 17.2 Å². The van der Waals surface area contributed by atoms with E-state index >= 15 is 0 Å². The minimum atomic E-state index is -0.382. The highest BCUT2D eigenvalue weighted by Crippen LogP contribution is 2.46. The van der Waals surface area contributed by atoms with Crippen molar-refractivity contribution in [3.8, 4) is 22.6 Å². The van der Waals surface area contributed by atoms with Crippen molar-refractivity contribution in [2.45, 2.75) is 58.3 Å². The second kappa shape index (κ2) is 11.5. The van der Waals surface area contributed by atoms with E-state index in [0.717, 1.165) is 40.8 Å². The van der Waals surface area contributed by atoms with Gasteiger partial charge in [0.1, 0.15) is 11.5 Å². The third-order valence-corrected chi connectivity index (χ3v) is 8.33. The van der Waals surface area contributed by atoms with Crippen LogP contribution in [0.1, 0.15) is 82.0 Å². The van der Waals surface area contributed by atoms with Gasteiger partial charge in [-0.2, -0.15) is 0 Å². The maximum absolute atomic E-state index is 13.0. The lowest BCUT2D eigenvalue weighted by atomic mass is 9.65. The molecule has 1 saturated carbocycles. The molecule has 0 unspecified atom stereocenters. The molecule has 0 aliphatic heterocycles. The number of methoxy groups -OCH3 is 1. The fraction of sp³-hybridized carbons (Fsp3) is 0.278. The van der Waals surface area contributed by atoms with E-state index in [1.54, 1.807) is 26.2 Å². The summed E-state index contributed by atoms with van der Waals surface area (Å²) < 4.78 is 11.4. The number of esters is 1. The molecule has 0 spiro atoms. The number of ether oxygens (including phenoxy) is 2. The monoisotopic (exact) mass is 532 g/mol. The predicted octanol–water partition coefficient (Wildman–Crippen LogP) is 8.65. The van der Waals surface area contributed by atoms with E-state index in [9.17, 15) is 9.59 Å². The standard InChI is InChI=1S/C36H36O4/c1-24-22-31(16-18-33(24)39-4)36(20-6-5-7-21-36)32-17-19-34(25(2)23-32)40-35(38)30-14-12-29(13-15-30)28-10-8-27(9-11-28)26(3)37/h8-19,22-23H,5-7,20-21H2,1-4H3. The number of Topliss-reactive ketones (excluding diaryl/α,β-unsaturated/α-hetero) is 1. The second-order valence-electron chi connectivity index (χ2n) is 10.9. The summed E-state index contributed by atoms with van der Waals surface area (Å²) in [6.45, 7) is 5.67. The quantitative estimate of drug-likeness (QED) is 0.136. The van der Waals surface area contributed by atoms with Crippen LogP contribution in [0.25, 0.3) is 11.1 Å². The Morgan fingerprint density at radius 2 is 1.15 bits per heavy atom. The summed E-state index contributed by atoms with van der Waals surface area (Å²) in [5.74, 6) is 1.15. The van der Waals surface area contributed by atoms with E-state index < -0.39 is 0 Å². The Kier molecular flexibility index (Phi) is 7.88. The molecular formula is C36H36O4. The van der Waals surface area contributed by atoms with Gasteiger partial charge in [0.05, 0.1) is 12.7 Å². The predicted molar refractivity (Wildman–Crippen MR) is 160 cm³/mol. The third-order valence-electron chi connectivity index (χ3n) is 8.33. The first-order valence-electron chi connectivity index (χ1n) is 14.0. The molecule has 0 heterocycles. The number of aryl methyl sites for hydroxylation is 2. The van der Waals surface area contributed by atoms with Crippen molar-refractivity contribution >= 4 is 11.8 Å². The van der Waals surface area contributed by atoms with Crippen molar-refractivity contribution in [3.05, 3.63) is 118 Å². The normalized spacial score (nSPS) is 14.4. The number of carbonyl (C=O) groups excluding carboxylic acids is 2. The molecule has 5 rings (SSSR count). The number of hydrogen-bond acceptors (Lipinski definition) is 4. The molecule has 4 heteroatoms. The molecule has 1 aliphatic carbocycles. The molecule has 4 aromatic carbocycles. The average Bonchev–Trinajstić information content (AvgIpc) is 2.98. The van der Waals surface area contributed by atoms with Crippen LogP contribution in [0.2, 0.25) is 0 Å². The molecular weight excluding hydrogens is 496 g/mol. The fourth-order valence-electron chi connectivity index (χ4n) is 5.99. The average molecular weight is 533 g/mol. The number of benzene rings is 4. The van der Waals surface area contributed by atoms with Crippen LogP contribution in [0, 0.1) is 13.8 Å². The molecule has 0 saturated heterocycles. The van der Waals surface area contributed by atoms with Gasteiger partial charge >= 0.3 is 5.97 Å². The van der Waals surface area contributed by atoms with Gasteiger partial charge in [-0.3, -0.25) is 4.79 Å². The van der Waals surface area contributed by atoms with Crippen LogP contribution in [0.4, 0.5) is 0 Å². The maximum atomic E-state index is 13.0. The molecule has 4 aromatic rings. The fourth-order valence-corrected chi connectivity index (χ4v) is 5.99. The van der Waals surface area contributed by atoms with Gasteiger partial charge in [0, 0.05) is 11.0 Å². The molecule has 0 bridgehead atoms. The van der Waals surface area contributed by atoms with Crippen LogP contribution < -0.4 is 9.47 Å². The molecule has 0 N–H and O–H groups in total. The highest BCUT2D eigenvalue weighted by Gasteiger charge is 2.36. The molecule has 4 nitrogen and oxygen atoms in total. The highest BCUT2D eigenvalue weighted by molar-refractivity contribution is 5.94. The Balaban J connectivity index is 1.36. The van der Waals surface area contributed by atoms with E-state index in [4.69, 9.17) is 9.47 Å². The Morgan fingerprint density at radius 1 is 0.650 bits per heavy atom. The first kappa shape index (κ1) is 27.4. The second-order valence-corrected chi connectivity index (χ2v) is 10.9. The van der Waals surface area contributed by atoms with E-state index in [0.29, 0.717) is 16.9 Å². The molecule has 40 heavy (non-hydrogen) atoms. The van der Waals surface area contributed by atoms with Gasteiger partial charge in [-0.1, -0.05) is 79.9 Å². The van der Waals surface area contributed by atoms with Gasteiger partial charge in [-0.05, 0) is 91.3 Å². The maximum Gasteiger partial charge on any atom is 0.343 e. The number of rotatable bonds is 7. The third kappa shape index (κ3) is 5.44. The molecule has 204 valence electrons. The Hall–Kier alpha value is -4.18. The molecule has 1 aliphatic rings. The van der Waals surface area contributed by atoms with Gasteiger partial charge in [-0.15, -0.1) is 0 Å². The Bertz CT molecular complexity index is 1520. The number of hydrogen-bond donors (Lipinski definition) is 0. The van der Waals surface area contributed by atoms with Crippen LogP contribution >= 0.6 is 0 Å². The Labute approximate surface area is 237 Å².